The van der Waals surface area contributed by atoms with Crippen LogP contribution in [0.15, 0.2) is 12.1 Å². The van der Waals surface area contributed by atoms with E-state index in [0.29, 0.717) is 18.7 Å². The number of ether oxygens (including phenoxy) is 1. The van der Waals surface area contributed by atoms with Crippen LogP contribution in [0.3, 0.4) is 0 Å². The number of nitrogens with zero attached hydrogens (tertiary/aromatic N) is 2. The molecule has 0 saturated carbocycles. The Morgan fingerprint density at radius 2 is 2.00 bits per heavy atom. The van der Waals surface area contributed by atoms with Crippen LogP contribution < -0.4 is 0 Å². The van der Waals surface area contributed by atoms with E-state index in [4.69, 9.17) is 27.9 Å². The minimum absolute atomic E-state index is 0. The number of rotatable bonds is 7. The normalized spacial score (nSPS) is 12.1. The fraction of sp³-hybridized carbons (Fsp3) is 0.500. The van der Waals surface area contributed by atoms with Gasteiger partial charge in [-0.1, -0.05) is 23.2 Å². The lowest BCUT2D eigenvalue weighted by Crippen LogP contribution is -2.32. The van der Waals surface area contributed by atoms with Crippen molar-refractivity contribution in [2.45, 2.75) is 12.5 Å². The zero-order valence-corrected chi connectivity index (χ0v) is 13.5. The molecule has 0 saturated heterocycles. The van der Waals surface area contributed by atoms with E-state index in [1.165, 1.54) is 12.1 Å². The van der Waals surface area contributed by atoms with Gasteiger partial charge in [-0.3, -0.25) is 9.69 Å². The quantitative estimate of drug-likeness (QED) is 0.609. The van der Waals surface area contributed by atoms with E-state index in [1.807, 2.05) is 0 Å². The predicted molar refractivity (Wildman–Crippen MR) is 81.0 cm³/mol. The first-order chi connectivity index (χ1) is 8.95. The van der Waals surface area contributed by atoms with Crippen molar-refractivity contribution in [3.05, 3.63) is 28.0 Å². The van der Waals surface area contributed by atoms with Crippen LogP contribution in [0, 0.1) is 0 Å². The summed E-state index contributed by atoms with van der Waals surface area (Å²) in [6.07, 6.45) is 0.739. The van der Waals surface area contributed by atoms with Crippen molar-refractivity contribution in [3.8, 4) is 0 Å². The highest BCUT2D eigenvalue weighted by molar-refractivity contribution is 6.32. The van der Waals surface area contributed by atoms with Gasteiger partial charge in [0, 0.05) is 20.3 Å². The van der Waals surface area contributed by atoms with E-state index in [-0.39, 0.29) is 22.7 Å². The summed E-state index contributed by atoms with van der Waals surface area (Å²) in [7, 11) is 3.34. The van der Waals surface area contributed by atoms with Gasteiger partial charge in [0.1, 0.15) is 16.3 Å². The molecule has 1 aromatic heterocycles. The van der Waals surface area contributed by atoms with Crippen LogP contribution >= 0.6 is 35.6 Å². The maximum Gasteiger partial charge on any atom is 0.325 e. The summed E-state index contributed by atoms with van der Waals surface area (Å²) < 4.78 is 4.95. The lowest BCUT2D eigenvalue weighted by atomic mass is 10.1. The van der Waals surface area contributed by atoms with E-state index in [1.54, 1.807) is 19.1 Å². The number of aromatic nitrogens is 1. The minimum atomic E-state index is -0.960. The molecule has 0 fully saturated rings. The summed E-state index contributed by atoms with van der Waals surface area (Å²) in [4.78, 5) is 16.9. The van der Waals surface area contributed by atoms with Gasteiger partial charge in [-0.25, -0.2) is 4.98 Å². The summed E-state index contributed by atoms with van der Waals surface area (Å²) in [5.41, 5.74) is 0.511. The molecule has 0 bridgehead atoms. The van der Waals surface area contributed by atoms with Crippen molar-refractivity contribution in [1.82, 2.24) is 9.88 Å². The van der Waals surface area contributed by atoms with Crippen molar-refractivity contribution in [3.63, 3.8) is 0 Å². The predicted octanol–water partition coefficient (Wildman–Crippen LogP) is 2.90. The Hall–Kier alpha value is -0.590. The molecule has 0 aromatic carbocycles. The van der Waals surface area contributed by atoms with Gasteiger partial charge in [0.25, 0.3) is 0 Å². The average molecular weight is 344 g/mol. The highest BCUT2D eigenvalue weighted by Gasteiger charge is 2.25. The minimum Gasteiger partial charge on any atom is -0.480 e. The van der Waals surface area contributed by atoms with E-state index >= 15 is 0 Å². The third kappa shape index (κ3) is 5.81. The van der Waals surface area contributed by atoms with Crippen LogP contribution in [0.5, 0.6) is 0 Å². The SMILES string of the molecule is COCCCN(C)C(C(=O)O)c1cc(Cl)nc(Cl)c1.Cl. The Morgan fingerprint density at radius 3 is 2.45 bits per heavy atom. The third-order valence-corrected chi connectivity index (χ3v) is 3.02. The van der Waals surface area contributed by atoms with Gasteiger partial charge in [-0.15, -0.1) is 12.4 Å². The molecule has 5 nitrogen and oxygen atoms in total. The number of halogens is 3. The lowest BCUT2D eigenvalue weighted by Gasteiger charge is -2.25. The molecule has 1 N–H and O–H groups in total. The highest BCUT2D eigenvalue weighted by Crippen LogP contribution is 2.24. The monoisotopic (exact) mass is 342 g/mol. The molecule has 20 heavy (non-hydrogen) atoms. The van der Waals surface area contributed by atoms with Crippen LogP contribution in [0.1, 0.15) is 18.0 Å². The van der Waals surface area contributed by atoms with Gasteiger partial charge >= 0.3 is 5.97 Å². The Kier molecular flexibility index (Phi) is 9.09. The number of methoxy groups -OCH3 is 1. The summed E-state index contributed by atoms with van der Waals surface area (Å²) in [5, 5.41) is 9.72. The number of aliphatic carboxylic acids is 1. The number of likely N-dealkylation sites (N-methyl/N-ethyl adjacent to an activating group) is 1. The molecule has 1 aromatic rings. The maximum absolute atomic E-state index is 11.4. The first-order valence-corrected chi connectivity index (χ1v) is 6.46. The first kappa shape index (κ1) is 19.4. The molecule has 1 unspecified atom stereocenters. The van der Waals surface area contributed by atoms with E-state index in [9.17, 15) is 9.90 Å². The summed E-state index contributed by atoms with van der Waals surface area (Å²) in [6.45, 7) is 1.16. The number of hydrogen-bond acceptors (Lipinski definition) is 4. The number of carboxylic acid groups (broad SMARTS) is 1. The van der Waals surface area contributed by atoms with Crippen LogP contribution in [0.4, 0.5) is 0 Å². The fourth-order valence-corrected chi connectivity index (χ4v) is 2.29. The first-order valence-electron chi connectivity index (χ1n) is 5.70. The maximum atomic E-state index is 11.4. The standard InChI is InChI=1S/C12H16Cl2N2O3.ClH/c1-16(4-3-5-19-2)11(12(17)18)8-6-9(13)15-10(14)7-8;/h6-7,11H,3-5H2,1-2H3,(H,17,18);1H. The fourth-order valence-electron chi connectivity index (χ4n) is 1.81. The molecule has 0 amide bonds. The van der Waals surface area contributed by atoms with Crippen molar-refractivity contribution < 1.29 is 14.6 Å². The lowest BCUT2D eigenvalue weighted by molar-refractivity contribution is -0.143. The Bertz CT molecular complexity index is 426. The zero-order chi connectivity index (χ0) is 14.4. The Labute approximate surface area is 134 Å². The van der Waals surface area contributed by atoms with Crippen molar-refractivity contribution >= 4 is 41.6 Å². The van der Waals surface area contributed by atoms with Crippen LogP contribution in [-0.2, 0) is 9.53 Å². The zero-order valence-electron chi connectivity index (χ0n) is 11.2. The van der Waals surface area contributed by atoms with Gasteiger partial charge in [-0.2, -0.15) is 0 Å². The highest BCUT2D eigenvalue weighted by atomic mass is 35.5. The van der Waals surface area contributed by atoms with Gasteiger partial charge in [0.15, 0.2) is 0 Å². The smallest absolute Gasteiger partial charge is 0.325 e. The third-order valence-electron chi connectivity index (χ3n) is 2.63. The number of carboxylic acids is 1. The van der Waals surface area contributed by atoms with Crippen molar-refractivity contribution in [2.75, 3.05) is 27.3 Å². The van der Waals surface area contributed by atoms with Crippen LogP contribution in [-0.4, -0.2) is 48.3 Å². The molecule has 1 rings (SSSR count). The van der Waals surface area contributed by atoms with Crippen molar-refractivity contribution in [2.24, 2.45) is 0 Å². The molecule has 0 aliphatic heterocycles. The molecule has 0 radical (unpaired) electrons. The second-order valence-corrected chi connectivity index (χ2v) is 4.89. The number of hydrogen-bond donors (Lipinski definition) is 1. The molecule has 1 atom stereocenters. The van der Waals surface area contributed by atoms with Gasteiger partial charge in [0.2, 0.25) is 0 Å². The van der Waals surface area contributed by atoms with E-state index < -0.39 is 12.0 Å². The molecule has 1 heterocycles. The molecule has 0 aliphatic carbocycles. The molecule has 114 valence electrons. The average Bonchev–Trinajstić information content (AvgIpc) is 2.27. The Morgan fingerprint density at radius 1 is 1.45 bits per heavy atom. The van der Waals surface area contributed by atoms with E-state index in [0.717, 1.165) is 6.42 Å². The molecule has 0 spiro atoms. The van der Waals surface area contributed by atoms with Gasteiger partial charge in [-0.05, 0) is 31.2 Å². The second kappa shape index (κ2) is 9.37. The van der Waals surface area contributed by atoms with Gasteiger partial charge in [0.05, 0.1) is 0 Å². The largest absolute Gasteiger partial charge is 0.480 e. The molecule has 8 heteroatoms. The van der Waals surface area contributed by atoms with Crippen LogP contribution in [0.2, 0.25) is 10.3 Å². The van der Waals surface area contributed by atoms with Gasteiger partial charge < -0.3 is 9.84 Å². The number of pyridine rings is 1. The van der Waals surface area contributed by atoms with E-state index in [2.05, 4.69) is 4.98 Å². The molecular formula is C12H17Cl3N2O3. The Balaban J connectivity index is 0.00000361. The van der Waals surface area contributed by atoms with Crippen LogP contribution in [0.25, 0.3) is 0 Å². The second-order valence-electron chi connectivity index (χ2n) is 4.11. The molecular weight excluding hydrogens is 327 g/mol. The number of carbonyl (C=O) groups is 1. The summed E-state index contributed by atoms with van der Waals surface area (Å²) >= 11 is 11.6. The topological polar surface area (TPSA) is 62.7 Å². The summed E-state index contributed by atoms with van der Waals surface area (Å²) in [5.74, 6) is -0.960. The van der Waals surface area contributed by atoms with Crippen molar-refractivity contribution in [1.29, 1.82) is 0 Å². The molecule has 0 aliphatic rings. The summed E-state index contributed by atoms with van der Waals surface area (Å²) in [6, 6.07) is 2.22.